The van der Waals surface area contributed by atoms with Crippen LogP contribution in [0.2, 0.25) is 0 Å². The molecule has 7 nitrogen and oxygen atoms in total. The van der Waals surface area contributed by atoms with E-state index < -0.39 is 30.1 Å². The SMILES string of the molecule is CC1(C)O[C@H]2[C@H](O)[C@@H](N=[N+]=[N-])C=C(c3ccc(C=O)cc3)[C@H]2O1. The lowest BCUT2D eigenvalue weighted by Gasteiger charge is -2.32. The van der Waals surface area contributed by atoms with Crippen molar-refractivity contribution in [2.75, 3.05) is 0 Å². The fourth-order valence-corrected chi connectivity index (χ4v) is 3.03. The Morgan fingerprint density at radius 3 is 2.61 bits per heavy atom. The summed E-state index contributed by atoms with van der Waals surface area (Å²) in [5.41, 5.74) is 10.9. The summed E-state index contributed by atoms with van der Waals surface area (Å²) >= 11 is 0. The summed E-state index contributed by atoms with van der Waals surface area (Å²) in [4.78, 5) is 13.6. The van der Waals surface area contributed by atoms with Crippen molar-refractivity contribution in [3.63, 3.8) is 0 Å². The first-order chi connectivity index (χ1) is 10.9. The number of carbonyl (C=O) groups is 1. The van der Waals surface area contributed by atoms with Crippen molar-refractivity contribution in [2.45, 2.75) is 44.0 Å². The molecule has 23 heavy (non-hydrogen) atoms. The smallest absolute Gasteiger partial charge is 0.164 e. The number of benzene rings is 1. The van der Waals surface area contributed by atoms with Crippen molar-refractivity contribution in [1.29, 1.82) is 0 Å². The van der Waals surface area contributed by atoms with Crippen LogP contribution in [0.25, 0.3) is 16.0 Å². The Bertz CT molecular complexity index is 692. The standard InChI is InChI=1S/C16H17N3O4/c1-16(2)22-14-11(10-5-3-9(8-20)4-6-10)7-12(18-19-17)13(21)15(14)23-16/h3-8,12-15,21H,1-2H3/t12-,13+,14+,15-/m0/s1. The van der Waals surface area contributed by atoms with E-state index in [4.69, 9.17) is 15.0 Å². The molecule has 1 aliphatic carbocycles. The van der Waals surface area contributed by atoms with Crippen molar-refractivity contribution < 1.29 is 19.4 Å². The van der Waals surface area contributed by atoms with Crippen LogP contribution in [0.4, 0.5) is 0 Å². The van der Waals surface area contributed by atoms with E-state index >= 15 is 0 Å². The molecule has 7 heteroatoms. The molecule has 120 valence electrons. The number of fused-ring (bicyclic) bond motifs is 1. The highest BCUT2D eigenvalue weighted by Crippen LogP contribution is 2.41. The highest BCUT2D eigenvalue weighted by molar-refractivity contribution is 5.78. The molecular weight excluding hydrogens is 298 g/mol. The van der Waals surface area contributed by atoms with E-state index in [1.807, 2.05) is 0 Å². The van der Waals surface area contributed by atoms with Gasteiger partial charge >= 0.3 is 0 Å². The van der Waals surface area contributed by atoms with Crippen LogP contribution in [0.5, 0.6) is 0 Å². The monoisotopic (exact) mass is 315 g/mol. The van der Waals surface area contributed by atoms with Gasteiger partial charge in [0.1, 0.15) is 18.5 Å². The van der Waals surface area contributed by atoms with Crippen molar-refractivity contribution in [1.82, 2.24) is 0 Å². The Morgan fingerprint density at radius 2 is 2.00 bits per heavy atom. The zero-order chi connectivity index (χ0) is 16.6. The molecule has 2 aliphatic rings. The predicted octanol–water partition coefficient (Wildman–Crippen LogP) is 2.46. The lowest BCUT2D eigenvalue weighted by atomic mass is 9.85. The van der Waals surface area contributed by atoms with Crippen molar-refractivity contribution in [2.24, 2.45) is 5.11 Å². The molecule has 1 aromatic carbocycles. The van der Waals surface area contributed by atoms with E-state index in [-0.39, 0.29) is 0 Å². The Balaban J connectivity index is 2.04. The maximum Gasteiger partial charge on any atom is 0.164 e. The molecule has 1 fully saturated rings. The first-order valence-electron chi connectivity index (χ1n) is 7.30. The van der Waals surface area contributed by atoms with Crippen LogP contribution in [0.1, 0.15) is 29.8 Å². The minimum absolute atomic E-state index is 0.466. The van der Waals surface area contributed by atoms with E-state index in [0.717, 1.165) is 17.4 Å². The molecule has 1 aliphatic heterocycles. The highest BCUT2D eigenvalue weighted by atomic mass is 16.8. The molecule has 0 radical (unpaired) electrons. The summed E-state index contributed by atoms with van der Waals surface area (Å²) in [6, 6.07) is 6.26. The molecule has 0 bridgehead atoms. The Kier molecular flexibility index (Phi) is 3.95. The van der Waals surface area contributed by atoms with Gasteiger partial charge < -0.3 is 14.6 Å². The molecule has 1 aromatic rings. The predicted molar refractivity (Wildman–Crippen MR) is 82.6 cm³/mol. The topological polar surface area (TPSA) is 105 Å². The van der Waals surface area contributed by atoms with E-state index in [2.05, 4.69) is 10.0 Å². The van der Waals surface area contributed by atoms with E-state index in [1.165, 1.54) is 0 Å². The van der Waals surface area contributed by atoms with Gasteiger partial charge in [0.05, 0.1) is 12.1 Å². The Morgan fingerprint density at radius 1 is 1.30 bits per heavy atom. The molecule has 0 aromatic heterocycles. The largest absolute Gasteiger partial charge is 0.390 e. The highest BCUT2D eigenvalue weighted by Gasteiger charge is 2.50. The van der Waals surface area contributed by atoms with Gasteiger partial charge in [-0.15, -0.1) is 0 Å². The molecular formula is C16H17N3O4. The van der Waals surface area contributed by atoms with Crippen LogP contribution in [0, 0.1) is 0 Å². The number of carbonyl (C=O) groups excluding carboxylic acids is 1. The van der Waals surface area contributed by atoms with Gasteiger partial charge in [0.2, 0.25) is 0 Å². The molecule has 0 unspecified atom stereocenters. The maximum atomic E-state index is 10.8. The Labute approximate surface area is 133 Å². The van der Waals surface area contributed by atoms with Gasteiger partial charge in [0.15, 0.2) is 5.79 Å². The zero-order valence-electron chi connectivity index (χ0n) is 12.8. The number of nitrogens with zero attached hydrogens (tertiary/aromatic N) is 3. The maximum absolute atomic E-state index is 10.8. The van der Waals surface area contributed by atoms with Crippen molar-refractivity contribution >= 4 is 11.9 Å². The number of aliphatic hydroxyl groups is 1. The van der Waals surface area contributed by atoms with Crippen LogP contribution in [0.3, 0.4) is 0 Å². The number of hydrogen-bond acceptors (Lipinski definition) is 5. The van der Waals surface area contributed by atoms with Gasteiger partial charge in [-0.3, -0.25) is 4.79 Å². The molecule has 0 spiro atoms. The number of hydrogen-bond donors (Lipinski definition) is 1. The third kappa shape index (κ3) is 2.87. The van der Waals surface area contributed by atoms with Gasteiger partial charge in [0.25, 0.3) is 0 Å². The number of ether oxygens (including phenoxy) is 2. The summed E-state index contributed by atoms with van der Waals surface area (Å²) in [7, 11) is 0. The molecule has 0 saturated carbocycles. The fraction of sp³-hybridized carbons (Fsp3) is 0.438. The third-order valence-electron chi connectivity index (χ3n) is 4.04. The first-order valence-corrected chi connectivity index (χ1v) is 7.30. The summed E-state index contributed by atoms with van der Waals surface area (Å²) in [5.74, 6) is -0.844. The normalized spacial score (nSPS) is 31.7. The van der Waals surface area contributed by atoms with Crippen LogP contribution >= 0.6 is 0 Å². The van der Waals surface area contributed by atoms with E-state index in [0.29, 0.717) is 5.56 Å². The van der Waals surface area contributed by atoms with Gasteiger partial charge in [-0.1, -0.05) is 35.5 Å². The molecule has 0 amide bonds. The van der Waals surface area contributed by atoms with Gasteiger partial charge in [-0.05, 0) is 30.5 Å². The second-order valence-electron chi connectivity index (χ2n) is 6.07. The molecule has 1 saturated heterocycles. The van der Waals surface area contributed by atoms with E-state index in [9.17, 15) is 9.90 Å². The van der Waals surface area contributed by atoms with Crippen LogP contribution in [0.15, 0.2) is 35.5 Å². The minimum atomic E-state index is -0.976. The molecule has 3 rings (SSSR count). The fourth-order valence-electron chi connectivity index (χ4n) is 3.03. The van der Waals surface area contributed by atoms with Crippen LogP contribution in [-0.4, -0.2) is 41.5 Å². The number of aldehydes is 1. The summed E-state index contributed by atoms with van der Waals surface area (Å²) in [6.07, 6.45) is 0.410. The Hall–Kier alpha value is -2.18. The molecule has 1 heterocycles. The van der Waals surface area contributed by atoms with Gasteiger partial charge in [-0.2, -0.15) is 0 Å². The van der Waals surface area contributed by atoms with Crippen molar-refractivity contribution in [3.8, 4) is 0 Å². The molecule has 1 N–H and O–H groups in total. The second kappa shape index (κ2) is 5.79. The average Bonchev–Trinajstić information content (AvgIpc) is 2.86. The second-order valence-corrected chi connectivity index (χ2v) is 6.07. The summed E-state index contributed by atoms with van der Waals surface area (Å²) in [6.45, 7) is 3.54. The lowest BCUT2D eigenvalue weighted by molar-refractivity contribution is -0.152. The van der Waals surface area contributed by atoms with Crippen LogP contribution < -0.4 is 0 Å². The number of azide groups is 1. The van der Waals surface area contributed by atoms with Crippen LogP contribution in [-0.2, 0) is 9.47 Å². The molecule has 4 atom stereocenters. The zero-order valence-corrected chi connectivity index (χ0v) is 12.8. The summed E-state index contributed by atoms with van der Waals surface area (Å²) in [5, 5.41) is 14.0. The number of aliphatic hydroxyl groups excluding tert-OH is 1. The minimum Gasteiger partial charge on any atom is -0.390 e. The quantitative estimate of drug-likeness (QED) is 0.400. The third-order valence-corrected chi connectivity index (χ3v) is 4.04. The lowest BCUT2D eigenvalue weighted by Crippen LogP contribution is -2.45. The van der Waals surface area contributed by atoms with Gasteiger partial charge in [0, 0.05) is 10.5 Å². The first kappa shape index (κ1) is 15.7. The number of rotatable bonds is 3. The van der Waals surface area contributed by atoms with Gasteiger partial charge in [-0.25, -0.2) is 0 Å². The van der Waals surface area contributed by atoms with E-state index in [1.54, 1.807) is 44.2 Å². The summed E-state index contributed by atoms with van der Waals surface area (Å²) < 4.78 is 11.7. The average molecular weight is 315 g/mol. The van der Waals surface area contributed by atoms with Crippen molar-refractivity contribution in [3.05, 3.63) is 51.9 Å².